The number of nitrogens with one attached hydrogen (secondary N) is 1. The van der Waals surface area contributed by atoms with E-state index in [0.717, 1.165) is 0 Å². The molecule has 1 N–H and O–H groups in total. The fraction of sp³-hybridized carbons (Fsp3) is 0.500. The van der Waals surface area contributed by atoms with Crippen molar-refractivity contribution in [3.8, 4) is 11.5 Å². The molecule has 0 aliphatic carbocycles. The van der Waals surface area contributed by atoms with Gasteiger partial charge in [0.15, 0.2) is 21.3 Å². The summed E-state index contributed by atoms with van der Waals surface area (Å²) in [5.41, 5.74) is 0.386. The Balaban J connectivity index is 2.18. The lowest BCUT2D eigenvalue weighted by Gasteiger charge is -2.15. The molecule has 1 saturated heterocycles. The van der Waals surface area contributed by atoms with Crippen molar-refractivity contribution in [1.29, 1.82) is 0 Å². The van der Waals surface area contributed by atoms with E-state index in [9.17, 15) is 13.2 Å². The van der Waals surface area contributed by atoms with Gasteiger partial charge in [-0.2, -0.15) is 0 Å². The monoisotopic (exact) mass is 391 g/mol. The maximum Gasteiger partial charge on any atom is 0.251 e. The largest absolute Gasteiger partial charge is 0.493 e. The number of carbonyl (C=O) groups excluding carboxylic acids is 1. The maximum atomic E-state index is 12.3. The molecule has 0 bridgehead atoms. The molecule has 0 saturated carbocycles. The lowest BCUT2D eigenvalue weighted by Crippen LogP contribution is -2.35. The third-order valence-corrected chi connectivity index (χ3v) is 5.70. The summed E-state index contributed by atoms with van der Waals surface area (Å²) in [5, 5.41) is 2.75. The first-order valence-electron chi connectivity index (χ1n) is 6.88. The van der Waals surface area contributed by atoms with Crippen molar-refractivity contribution in [2.75, 3.05) is 25.2 Å². The summed E-state index contributed by atoms with van der Waals surface area (Å²) in [4.78, 5) is 12.3. The zero-order valence-electron chi connectivity index (χ0n) is 12.4. The van der Waals surface area contributed by atoms with Crippen molar-refractivity contribution in [3.63, 3.8) is 0 Å². The predicted octanol–water partition coefficient (Wildman–Crippen LogP) is 1.77. The van der Waals surface area contributed by atoms with Crippen LogP contribution in [0.4, 0.5) is 0 Å². The lowest BCUT2D eigenvalue weighted by molar-refractivity contribution is 0.0940. The predicted molar refractivity (Wildman–Crippen MR) is 86.4 cm³/mol. The molecule has 8 heteroatoms. The molecule has 2 rings (SSSR count). The fourth-order valence-corrected chi connectivity index (χ4v) is 4.54. The molecule has 1 unspecified atom stereocenters. The number of ether oxygens (including phenoxy) is 2. The van der Waals surface area contributed by atoms with E-state index in [1.165, 1.54) is 7.11 Å². The summed E-state index contributed by atoms with van der Waals surface area (Å²) < 4.78 is 34.2. The number of benzene rings is 1. The molecule has 1 heterocycles. The molecule has 22 heavy (non-hydrogen) atoms. The molecule has 1 aromatic rings. The summed E-state index contributed by atoms with van der Waals surface area (Å²) in [5.74, 6) is 0.761. The third kappa shape index (κ3) is 3.92. The van der Waals surface area contributed by atoms with Gasteiger partial charge < -0.3 is 14.8 Å². The summed E-state index contributed by atoms with van der Waals surface area (Å²) in [6.45, 7) is 2.33. The first-order chi connectivity index (χ1) is 10.4. The van der Waals surface area contributed by atoms with E-state index in [2.05, 4.69) is 21.2 Å². The van der Waals surface area contributed by atoms with Crippen LogP contribution in [-0.2, 0) is 9.84 Å². The van der Waals surface area contributed by atoms with Gasteiger partial charge in [0.05, 0.1) is 29.7 Å². The van der Waals surface area contributed by atoms with Gasteiger partial charge in [0.1, 0.15) is 0 Å². The molecule has 0 radical (unpaired) electrons. The van der Waals surface area contributed by atoms with Gasteiger partial charge >= 0.3 is 0 Å². The summed E-state index contributed by atoms with van der Waals surface area (Å²) in [6, 6.07) is 2.87. The number of hydrogen-bond donors (Lipinski definition) is 1. The summed E-state index contributed by atoms with van der Waals surface area (Å²) in [6.07, 6.45) is 0.448. The van der Waals surface area contributed by atoms with Crippen LogP contribution in [-0.4, -0.2) is 45.6 Å². The summed E-state index contributed by atoms with van der Waals surface area (Å²) in [7, 11) is -1.53. The van der Waals surface area contributed by atoms with Gasteiger partial charge in [0.2, 0.25) is 0 Å². The first-order valence-corrected chi connectivity index (χ1v) is 9.49. The van der Waals surface area contributed by atoms with E-state index in [1.807, 2.05) is 6.92 Å². The zero-order valence-corrected chi connectivity index (χ0v) is 14.8. The second-order valence-corrected chi connectivity index (χ2v) is 8.08. The standard InChI is InChI=1S/C14H18BrNO5S/c1-3-21-13-11(15)6-9(7-12(13)20-2)14(17)16-10-4-5-22(18,19)8-10/h6-7,10H,3-5,8H2,1-2H3,(H,16,17). The molecule has 0 spiro atoms. The number of sulfone groups is 1. The minimum absolute atomic E-state index is 0.00588. The maximum absolute atomic E-state index is 12.3. The Hall–Kier alpha value is -1.28. The Labute approximate surface area is 138 Å². The second-order valence-electron chi connectivity index (χ2n) is 5.00. The highest BCUT2D eigenvalue weighted by atomic mass is 79.9. The van der Waals surface area contributed by atoms with E-state index in [1.54, 1.807) is 12.1 Å². The van der Waals surface area contributed by atoms with Gasteiger partial charge in [-0.15, -0.1) is 0 Å². The average Bonchev–Trinajstić information content (AvgIpc) is 2.79. The number of rotatable bonds is 5. The second kappa shape index (κ2) is 6.87. The van der Waals surface area contributed by atoms with E-state index in [-0.39, 0.29) is 23.5 Å². The van der Waals surface area contributed by atoms with Crippen LogP contribution in [0.15, 0.2) is 16.6 Å². The quantitative estimate of drug-likeness (QED) is 0.826. The molecular formula is C14H18BrNO5S. The minimum atomic E-state index is -3.03. The van der Waals surface area contributed by atoms with Crippen LogP contribution in [0.2, 0.25) is 0 Å². The van der Waals surface area contributed by atoms with Gasteiger partial charge in [0.25, 0.3) is 5.91 Å². The van der Waals surface area contributed by atoms with Crippen molar-refractivity contribution in [2.45, 2.75) is 19.4 Å². The molecule has 122 valence electrons. The van der Waals surface area contributed by atoms with Gasteiger partial charge in [0, 0.05) is 11.6 Å². The smallest absolute Gasteiger partial charge is 0.251 e. The SMILES string of the molecule is CCOc1c(Br)cc(C(=O)NC2CCS(=O)(=O)C2)cc1OC. The molecule has 1 atom stereocenters. The van der Waals surface area contributed by atoms with Crippen LogP contribution >= 0.6 is 15.9 Å². The van der Waals surface area contributed by atoms with E-state index in [4.69, 9.17) is 9.47 Å². The average molecular weight is 392 g/mol. The van der Waals surface area contributed by atoms with Crippen LogP contribution in [0.25, 0.3) is 0 Å². The van der Waals surface area contributed by atoms with Gasteiger partial charge in [-0.3, -0.25) is 4.79 Å². The fourth-order valence-electron chi connectivity index (χ4n) is 2.31. The molecule has 1 amide bonds. The van der Waals surface area contributed by atoms with E-state index in [0.29, 0.717) is 34.6 Å². The highest BCUT2D eigenvalue weighted by Crippen LogP contribution is 2.36. The Morgan fingerprint density at radius 2 is 2.18 bits per heavy atom. The molecule has 1 aliphatic heterocycles. The van der Waals surface area contributed by atoms with Crippen molar-refractivity contribution >= 4 is 31.7 Å². The Kier molecular flexibility index (Phi) is 5.33. The highest BCUT2D eigenvalue weighted by molar-refractivity contribution is 9.10. The molecule has 1 aromatic carbocycles. The van der Waals surface area contributed by atoms with Crippen LogP contribution in [0.1, 0.15) is 23.7 Å². The number of methoxy groups -OCH3 is 1. The van der Waals surface area contributed by atoms with Crippen molar-refractivity contribution in [3.05, 3.63) is 22.2 Å². The van der Waals surface area contributed by atoms with E-state index >= 15 is 0 Å². The molecular weight excluding hydrogens is 374 g/mol. The van der Waals surface area contributed by atoms with E-state index < -0.39 is 9.84 Å². The van der Waals surface area contributed by atoms with Gasteiger partial charge in [-0.05, 0) is 41.4 Å². The molecule has 1 aliphatic rings. The minimum Gasteiger partial charge on any atom is -0.493 e. The van der Waals surface area contributed by atoms with Crippen LogP contribution < -0.4 is 14.8 Å². The third-order valence-electron chi connectivity index (χ3n) is 3.35. The number of carbonyl (C=O) groups is 1. The van der Waals surface area contributed by atoms with Gasteiger partial charge in [-0.25, -0.2) is 8.42 Å². The lowest BCUT2D eigenvalue weighted by atomic mass is 10.1. The zero-order chi connectivity index (χ0) is 16.3. The van der Waals surface area contributed by atoms with Crippen LogP contribution in [0.3, 0.4) is 0 Å². The Bertz CT molecular complexity index is 674. The highest BCUT2D eigenvalue weighted by Gasteiger charge is 2.29. The molecule has 0 aromatic heterocycles. The number of hydrogen-bond acceptors (Lipinski definition) is 5. The topological polar surface area (TPSA) is 81.7 Å². The Morgan fingerprint density at radius 1 is 1.45 bits per heavy atom. The van der Waals surface area contributed by atoms with Crippen LogP contribution in [0, 0.1) is 0 Å². The summed E-state index contributed by atoms with van der Waals surface area (Å²) >= 11 is 3.36. The number of amides is 1. The first kappa shape index (κ1) is 17.1. The van der Waals surface area contributed by atoms with Crippen molar-refractivity contribution in [1.82, 2.24) is 5.32 Å². The molecule has 1 fully saturated rings. The Morgan fingerprint density at radius 3 is 2.73 bits per heavy atom. The van der Waals surface area contributed by atoms with Crippen molar-refractivity contribution in [2.24, 2.45) is 0 Å². The molecule has 6 nitrogen and oxygen atoms in total. The normalized spacial score (nSPS) is 19.7. The van der Waals surface area contributed by atoms with Crippen molar-refractivity contribution < 1.29 is 22.7 Å². The van der Waals surface area contributed by atoms with Crippen LogP contribution in [0.5, 0.6) is 11.5 Å². The number of halogens is 1. The van der Waals surface area contributed by atoms with Gasteiger partial charge in [-0.1, -0.05) is 0 Å².